The number of hydrogen-bond donors (Lipinski definition) is 8. The van der Waals surface area contributed by atoms with E-state index in [0.717, 1.165) is 172 Å². The van der Waals surface area contributed by atoms with Gasteiger partial charge >= 0.3 is 0 Å². The predicted molar refractivity (Wildman–Crippen MR) is 477 cm³/mol. The summed E-state index contributed by atoms with van der Waals surface area (Å²) in [6.45, 7) is 8.50. The van der Waals surface area contributed by atoms with Crippen LogP contribution < -0.4 is 41.9 Å². The summed E-state index contributed by atoms with van der Waals surface area (Å²) in [5.41, 5.74) is 18.7. The Bertz CT molecular complexity index is 6810. The van der Waals surface area contributed by atoms with Gasteiger partial charge in [-0.1, -0.05) is 13.8 Å². The third kappa shape index (κ3) is 17.4. The van der Waals surface area contributed by atoms with Gasteiger partial charge < -0.3 is 37.2 Å². The fraction of sp³-hybridized carbons (Fsp3) is 0.259. The van der Waals surface area contributed by atoms with Crippen molar-refractivity contribution < 1.29 is 4.68 Å². The summed E-state index contributed by atoms with van der Waals surface area (Å²) >= 11 is 7.25. The van der Waals surface area contributed by atoms with Crippen molar-refractivity contribution in [2.24, 2.45) is 35.2 Å². The maximum Gasteiger partial charge on any atom is 0.204 e. The predicted octanol–water partition coefficient (Wildman–Crippen LogP) is 14.0. The first-order chi connectivity index (χ1) is 60.3. The van der Waals surface area contributed by atoms with Gasteiger partial charge in [-0.3, -0.25) is 40.7 Å². The highest BCUT2D eigenvalue weighted by atomic mass is 32.1. The molecule has 1 atom stereocenters. The van der Waals surface area contributed by atoms with Crippen LogP contribution in [0.15, 0.2) is 192 Å². The molecule has 2 saturated heterocycles. The lowest BCUT2D eigenvalue weighted by molar-refractivity contribution is -0.726. The molecular formula is C81H84N37S5+. The Hall–Kier alpha value is -13.8. The molecule has 3 fully saturated rings. The van der Waals surface area contributed by atoms with Crippen molar-refractivity contribution in [3.63, 3.8) is 0 Å². The maximum atomic E-state index is 4.66. The lowest BCUT2D eigenvalue weighted by Gasteiger charge is -2.22. The smallest absolute Gasteiger partial charge is 0.204 e. The minimum Gasteiger partial charge on any atom is -0.328 e. The van der Waals surface area contributed by atoms with Crippen LogP contribution in [0, 0.1) is 0 Å². The Kier molecular flexibility index (Phi) is 22.6. The summed E-state index contributed by atoms with van der Waals surface area (Å²) in [7, 11) is 9.57. The van der Waals surface area contributed by atoms with Crippen LogP contribution in [0.1, 0.15) is 98.7 Å². The standard InChI is InChI=1S/2C18H20N8S.C16H15N7S.C16H17N7S.C13H11N7S/c1-25-11-13(9-22-25)15-10-21-18-17(20-6-7-26(15)18)23-16-8-14(24-27-16)12-2-4-19-5-3-12;1-25-11-13(8-22-25)15-10-21-17-16(20-5-6-26(15)17)24-18-14(9-23-27-18)12-3-2-4-19-7-12;1-22-9-11(7-19-22)13-8-18-16-15(17-4-5-23(13)16)20-14-6-12(21-24-14)10-2-3-10;1-10(2)12-6-14(24-21-12)20-15-16-18-8-13(23(16)5-4-17-15)11-7-19-22(3)9-11;1-19-8-9(6-16-19)10-7-15-13-12(14-4-5-20(10)13)18-11-2-3-17-21-11/h6-12,19H,2-5H2,1H3,(H,20,23);5-6,8-12,19H,2-4,7H2,1H3,(H,20,24);4-10H,2-3H2,1H3,(H,17,20);4-10H,1-3H3,(H,17,20);2-8H,1H3,(H,14,17,18)/p+1. The summed E-state index contributed by atoms with van der Waals surface area (Å²) in [4.78, 5) is 45.0. The largest absolute Gasteiger partial charge is 0.328 e. The summed E-state index contributed by atoms with van der Waals surface area (Å²) in [6.07, 6.45) is 57.8. The third-order valence-electron chi connectivity index (χ3n) is 21.1. The van der Waals surface area contributed by atoms with Gasteiger partial charge in [-0.25, -0.2) is 49.8 Å². The number of anilines is 10. The Morgan fingerprint density at radius 1 is 0.398 bits per heavy atom. The average Bonchev–Trinajstić information content (AvgIpc) is 1.66. The van der Waals surface area contributed by atoms with Gasteiger partial charge in [-0.15, -0.1) is 4.68 Å². The van der Waals surface area contributed by atoms with Crippen molar-refractivity contribution >= 4 is 140 Å². The number of aryl methyl sites for hydroxylation is 5. The van der Waals surface area contributed by atoms with E-state index in [1.807, 2.05) is 198 Å². The number of nitrogens with zero attached hydrogens (tertiary/aromatic N) is 29. The van der Waals surface area contributed by atoms with Crippen LogP contribution in [0.3, 0.4) is 0 Å². The molecule has 20 aromatic rings. The van der Waals surface area contributed by atoms with Crippen molar-refractivity contribution in [3.05, 3.63) is 214 Å². The Morgan fingerprint density at radius 3 is 1.19 bits per heavy atom. The van der Waals surface area contributed by atoms with E-state index in [2.05, 4.69) is 166 Å². The van der Waals surface area contributed by atoms with E-state index >= 15 is 0 Å². The van der Waals surface area contributed by atoms with Crippen LogP contribution in [0.2, 0.25) is 0 Å². The number of aromatic nitrogens is 30. The van der Waals surface area contributed by atoms with Crippen LogP contribution >= 0.6 is 57.7 Å². The molecule has 23 rings (SSSR count). The Morgan fingerprint density at radius 2 is 0.813 bits per heavy atom. The number of nitrogens with one attached hydrogen (secondary N) is 8. The number of rotatable bonds is 19. The van der Waals surface area contributed by atoms with Crippen LogP contribution in [0.5, 0.6) is 0 Å². The summed E-state index contributed by atoms with van der Waals surface area (Å²) in [6, 6.07) is 8.24. The van der Waals surface area contributed by atoms with Crippen LogP contribution in [-0.2, 0) is 35.2 Å². The van der Waals surface area contributed by atoms with Gasteiger partial charge in [0, 0.05) is 179 Å². The van der Waals surface area contributed by atoms with Crippen molar-refractivity contribution in [1.82, 2.24) is 149 Å². The molecule has 0 bridgehead atoms. The molecule has 1 saturated carbocycles. The second-order valence-electron chi connectivity index (χ2n) is 30.1. The SMILES string of the molecule is CC(C)c1cc(Nc2nccn3c(-c4cnn(C)c4)cnc23)sn1.C[n+]1cc(-c2cnc3c(Nc4ccns4)nccn23)c[nH]1.Cn1cc(-c2cnc3c(Nc4cc(C5CC5)ns4)nccn23)cn1.Cn1cc(-c2cnc3c(Nc4cc(C5CCNCC5)ns4)nccn23)cn1.Cn1cc(-c2cnc3c(Nc4sncc4C4CCCNC4)nccn23)cn1. The van der Waals surface area contributed by atoms with Gasteiger partial charge in [0.05, 0.1) is 113 Å². The van der Waals surface area contributed by atoms with Gasteiger partial charge in [0.2, 0.25) is 6.20 Å². The number of hydrogen-bond acceptors (Lipinski definition) is 31. The first-order valence-electron chi connectivity index (χ1n) is 39.9. The highest BCUT2D eigenvalue weighted by molar-refractivity contribution is 7.11. The van der Waals surface area contributed by atoms with E-state index in [-0.39, 0.29) is 0 Å². The number of aromatic amines is 1. The number of H-pyrrole nitrogens is 1. The van der Waals surface area contributed by atoms with E-state index in [0.29, 0.717) is 35.3 Å². The van der Waals surface area contributed by atoms with E-state index < -0.39 is 0 Å². The van der Waals surface area contributed by atoms with E-state index in [9.17, 15) is 0 Å². The van der Waals surface area contributed by atoms with Crippen molar-refractivity contribution in [2.75, 3.05) is 52.8 Å². The molecule has 1 aliphatic carbocycles. The van der Waals surface area contributed by atoms with Crippen molar-refractivity contribution in [3.8, 4) is 56.3 Å². The Balaban J connectivity index is 0.000000101. The zero-order valence-corrected chi connectivity index (χ0v) is 71.9. The number of piperidine rings is 2. The number of fused-ring (bicyclic) bond motifs is 5. The molecule has 622 valence electrons. The monoisotopic (exact) mass is 1730 g/mol. The molecule has 3 aliphatic rings. The lowest BCUT2D eigenvalue weighted by Crippen LogP contribution is -2.28. The highest BCUT2D eigenvalue weighted by Crippen LogP contribution is 2.42. The van der Waals surface area contributed by atoms with Gasteiger partial charge in [0.25, 0.3) is 0 Å². The van der Waals surface area contributed by atoms with Crippen LogP contribution in [0.25, 0.3) is 84.5 Å². The molecule has 0 radical (unpaired) electrons. The van der Waals surface area contributed by atoms with Gasteiger partial charge in [-0.05, 0) is 146 Å². The quantitative estimate of drug-likeness (QED) is 0.0349. The lowest BCUT2D eigenvalue weighted by atomic mass is 9.94. The second kappa shape index (κ2) is 35.1. The first kappa shape index (κ1) is 79.0. The van der Waals surface area contributed by atoms with Crippen LogP contribution in [-0.4, -0.2) is 164 Å². The third-order valence-corrected chi connectivity index (χ3v) is 24.6. The normalized spacial score (nSPS) is 14.2. The van der Waals surface area contributed by atoms with E-state index in [4.69, 9.17) is 0 Å². The molecule has 8 N–H and O–H groups in total. The fourth-order valence-electron chi connectivity index (χ4n) is 14.7. The molecule has 0 aromatic carbocycles. The molecule has 37 nitrogen and oxygen atoms in total. The first-order valence-corrected chi connectivity index (χ1v) is 43.8. The van der Waals surface area contributed by atoms with Crippen LogP contribution in [0.4, 0.5) is 54.1 Å². The maximum absolute atomic E-state index is 4.66. The molecule has 1 unspecified atom stereocenters. The average molecular weight is 1740 g/mol. The molecule has 123 heavy (non-hydrogen) atoms. The van der Waals surface area contributed by atoms with Gasteiger partial charge in [-0.2, -0.15) is 47.4 Å². The van der Waals surface area contributed by atoms with Crippen molar-refractivity contribution in [1.29, 1.82) is 0 Å². The molecule has 42 heteroatoms. The van der Waals surface area contributed by atoms with Crippen molar-refractivity contribution in [2.45, 2.75) is 76.0 Å². The summed E-state index contributed by atoms with van der Waals surface area (Å²) in [5, 5.41) is 48.7. The summed E-state index contributed by atoms with van der Waals surface area (Å²) in [5.74, 6) is 5.73. The molecule has 22 heterocycles. The topological polar surface area (TPSA) is 391 Å². The molecule has 20 aromatic heterocycles. The number of imidazole rings is 5. The molecule has 0 spiro atoms. The van der Waals surface area contributed by atoms with E-state index in [1.165, 1.54) is 100 Å². The highest BCUT2D eigenvalue weighted by Gasteiger charge is 2.28. The minimum absolute atomic E-state index is 0.407. The fourth-order valence-corrected chi connectivity index (χ4v) is 18.2. The Labute approximate surface area is 723 Å². The zero-order valence-electron chi connectivity index (χ0n) is 67.8. The summed E-state index contributed by atoms with van der Waals surface area (Å²) < 4.78 is 41.3. The molecule has 2 aliphatic heterocycles. The minimum atomic E-state index is 0.407. The van der Waals surface area contributed by atoms with E-state index in [1.54, 1.807) is 55.9 Å². The molecule has 0 amide bonds. The second-order valence-corrected chi connectivity index (χ2v) is 34.2. The van der Waals surface area contributed by atoms with Gasteiger partial charge in [0.15, 0.2) is 64.4 Å². The molecular weight excluding hydrogens is 1650 g/mol. The zero-order chi connectivity index (χ0) is 83.4. The van der Waals surface area contributed by atoms with Gasteiger partial charge in [0.1, 0.15) is 25.0 Å².